The molecule has 1 rings (SSSR count). The predicted molar refractivity (Wildman–Crippen MR) is 43.7 cm³/mol. The Labute approximate surface area is 71.0 Å². The summed E-state index contributed by atoms with van der Waals surface area (Å²) in [4.78, 5) is 0. The summed E-state index contributed by atoms with van der Waals surface area (Å²) in [5.74, 6) is 0. The number of halogens is 2. The fraction of sp³-hybridized carbons (Fsp3) is 0.333. The highest BCUT2D eigenvalue weighted by molar-refractivity contribution is 6.29. The van der Waals surface area contributed by atoms with Gasteiger partial charge in [-0.3, -0.25) is 0 Å². The zero-order valence-electron chi connectivity index (χ0n) is 5.54. The van der Waals surface area contributed by atoms with Crippen LogP contribution in [0, 0.1) is 0 Å². The predicted octanol–water partition coefficient (Wildman–Crippen LogP) is 2.11. The zero-order chi connectivity index (χ0) is 6.69. The van der Waals surface area contributed by atoms with E-state index in [1.54, 1.807) is 6.07 Å². The molecule has 10 heavy (non-hydrogen) atoms. The molecule has 0 atom stereocenters. The van der Waals surface area contributed by atoms with Gasteiger partial charge in [0.2, 0.25) is 0 Å². The molecule has 0 N–H and O–H groups in total. The lowest BCUT2D eigenvalue weighted by Gasteiger charge is -1.90. The molecule has 1 aromatic heterocycles. The highest BCUT2D eigenvalue weighted by atomic mass is 35.5. The third-order valence-corrected chi connectivity index (χ3v) is 1.25. The van der Waals surface area contributed by atoms with E-state index in [2.05, 4.69) is 10.2 Å². The zero-order valence-corrected chi connectivity index (χ0v) is 7.11. The highest BCUT2D eigenvalue weighted by Crippen LogP contribution is 2.01. The Kier molecular flexibility index (Phi) is 4.32. The van der Waals surface area contributed by atoms with E-state index >= 15 is 0 Å². The second-order valence-electron chi connectivity index (χ2n) is 1.70. The van der Waals surface area contributed by atoms with Gasteiger partial charge in [0.25, 0.3) is 0 Å². The second-order valence-corrected chi connectivity index (χ2v) is 2.09. The molecule has 2 nitrogen and oxygen atoms in total. The molecule has 0 spiro atoms. The van der Waals surface area contributed by atoms with E-state index in [1.807, 2.05) is 13.0 Å². The van der Waals surface area contributed by atoms with Crippen molar-refractivity contribution in [2.24, 2.45) is 0 Å². The SMILES string of the molecule is CCc1ccc(Cl)nn1.Cl. The Bertz CT molecular complexity index is 185. The third-order valence-electron chi connectivity index (χ3n) is 1.05. The van der Waals surface area contributed by atoms with E-state index in [-0.39, 0.29) is 12.4 Å². The minimum atomic E-state index is 0. The molecule has 0 unspecified atom stereocenters. The number of hydrogen-bond donors (Lipinski definition) is 0. The molecule has 0 aromatic carbocycles. The summed E-state index contributed by atoms with van der Waals surface area (Å²) in [6.45, 7) is 2.03. The van der Waals surface area contributed by atoms with Gasteiger partial charge in [-0.25, -0.2) is 0 Å². The van der Waals surface area contributed by atoms with Gasteiger partial charge in [0.05, 0.1) is 5.69 Å². The van der Waals surface area contributed by atoms with Gasteiger partial charge in [0.1, 0.15) is 0 Å². The summed E-state index contributed by atoms with van der Waals surface area (Å²) < 4.78 is 0. The molecule has 0 saturated heterocycles. The van der Waals surface area contributed by atoms with Crippen molar-refractivity contribution >= 4 is 24.0 Å². The van der Waals surface area contributed by atoms with Gasteiger partial charge in [-0.15, -0.1) is 17.5 Å². The first-order chi connectivity index (χ1) is 4.33. The molecule has 0 bridgehead atoms. The van der Waals surface area contributed by atoms with E-state index < -0.39 is 0 Å². The number of aromatic nitrogens is 2. The lowest BCUT2D eigenvalue weighted by Crippen LogP contribution is -1.88. The summed E-state index contributed by atoms with van der Waals surface area (Å²) in [6, 6.07) is 3.61. The molecule has 0 radical (unpaired) electrons. The molecule has 0 aliphatic heterocycles. The molecule has 1 aromatic rings. The molecule has 56 valence electrons. The van der Waals surface area contributed by atoms with Gasteiger partial charge < -0.3 is 0 Å². The van der Waals surface area contributed by atoms with Crippen molar-refractivity contribution in [3.8, 4) is 0 Å². The first-order valence-corrected chi connectivity index (χ1v) is 3.19. The molecule has 0 amide bonds. The smallest absolute Gasteiger partial charge is 0.151 e. The Morgan fingerprint density at radius 1 is 1.40 bits per heavy atom. The Hall–Kier alpha value is -0.340. The van der Waals surface area contributed by atoms with Crippen LogP contribution in [0.5, 0.6) is 0 Å². The molecule has 0 saturated carbocycles. The van der Waals surface area contributed by atoms with Crippen molar-refractivity contribution in [1.82, 2.24) is 10.2 Å². The van der Waals surface area contributed by atoms with Crippen LogP contribution in [-0.4, -0.2) is 10.2 Å². The summed E-state index contributed by atoms with van der Waals surface area (Å²) >= 11 is 5.50. The maximum Gasteiger partial charge on any atom is 0.151 e. The van der Waals surface area contributed by atoms with Crippen LogP contribution in [0.3, 0.4) is 0 Å². The van der Waals surface area contributed by atoms with Crippen LogP contribution in [-0.2, 0) is 6.42 Å². The van der Waals surface area contributed by atoms with Crippen molar-refractivity contribution in [2.75, 3.05) is 0 Å². The number of rotatable bonds is 1. The largest absolute Gasteiger partial charge is 0.154 e. The molecule has 0 aliphatic rings. The average Bonchev–Trinajstić information content (AvgIpc) is 1.90. The third kappa shape index (κ3) is 2.50. The van der Waals surface area contributed by atoms with E-state index in [9.17, 15) is 0 Å². The minimum Gasteiger partial charge on any atom is -0.154 e. The van der Waals surface area contributed by atoms with Gasteiger partial charge >= 0.3 is 0 Å². The van der Waals surface area contributed by atoms with Crippen LogP contribution in [0.15, 0.2) is 12.1 Å². The molecule has 0 fully saturated rings. The maximum atomic E-state index is 5.50. The van der Waals surface area contributed by atoms with E-state index in [1.165, 1.54) is 0 Å². The lowest BCUT2D eigenvalue weighted by atomic mass is 10.3. The quantitative estimate of drug-likeness (QED) is 0.659. The van der Waals surface area contributed by atoms with Crippen LogP contribution >= 0.6 is 24.0 Å². The van der Waals surface area contributed by atoms with Crippen LogP contribution in [0.4, 0.5) is 0 Å². The monoisotopic (exact) mass is 178 g/mol. The molecule has 0 aliphatic carbocycles. The van der Waals surface area contributed by atoms with Gasteiger partial charge in [0.15, 0.2) is 5.15 Å². The van der Waals surface area contributed by atoms with Crippen LogP contribution in [0.25, 0.3) is 0 Å². The Morgan fingerprint density at radius 3 is 2.50 bits per heavy atom. The number of nitrogens with zero attached hydrogens (tertiary/aromatic N) is 2. The second kappa shape index (κ2) is 4.47. The van der Waals surface area contributed by atoms with E-state index in [0.29, 0.717) is 5.15 Å². The maximum absolute atomic E-state index is 5.50. The van der Waals surface area contributed by atoms with Gasteiger partial charge in [-0.2, -0.15) is 5.10 Å². The standard InChI is InChI=1S/C6H7ClN2.ClH/c1-2-5-3-4-6(7)9-8-5;/h3-4H,2H2,1H3;1H. The van der Waals surface area contributed by atoms with Crippen molar-refractivity contribution < 1.29 is 0 Å². The Balaban J connectivity index is 0.000000810. The fourth-order valence-electron chi connectivity index (χ4n) is 0.532. The van der Waals surface area contributed by atoms with Gasteiger partial charge in [-0.1, -0.05) is 18.5 Å². The number of aryl methyl sites for hydroxylation is 1. The van der Waals surface area contributed by atoms with Crippen molar-refractivity contribution in [1.29, 1.82) is 0 Å². The van der Waals surface area contributed by atoms with Crippen molar-refractivity contribution in [2.45, 2.75) is 13.3 Å². The first-order valence-electron chi connectivity index (χ1n) is 2.81. The van der Waals surface area contributed by atoms with E-state index in [0.717, 1.165) is 12.1 Å². The van der Waals surface area contributed by atoms with Crippen LogP contribution < -0.4 is 0 Å². The minimum absolute atomic E-state index is 0. The van der Waals surface area contributed by atoms with Gasteiger partial charge in [-0.05, 0) is 18.6 Å². The summed E-state index contributed by atoms with van der Waals surface area (Å²) in [5, 5.41) is 7.93. The molecular weight excluding hydrogens is 171 g/mol. The first kappa shape index (κ1) is 9.66. The van der Waals surface area contributed by atoms with Crippen LogP contribution in [0.2, 0.25) is 5.15 Å². The topological polar surface area (TPSA) is 25.8 Å². The molecule has 1 heterocycles. The summed E-state index contributed by atoms with van der Waals surface area (Å²) in [5.41, 5.74) is 0.972. The Morgan fingerprint density at radius 2 is 2.10 bits per heavy atom. The fourth-order valence-corrected chi connectivity index (χ4v) is 0.633. The van der Waals surface area contributed by atoms with Crippen LogP contribution in [0.1, 0.15) is 12.6 Å². The van der Waals surface area contributed by atoms with Crippen molar-refractivity contribution in [3.05, 3.63) is 23.0 Å². The lowest BCUT2D eigenvalue weighted by molar-refractivity contribution is 0.919. The van der Waals surface area contributed by atoms with E-state index in [4.69, 9.17) is 11.6 Å². The summed E-state index contributed by atoms with van der Waals surface area (Å²) in [6.07, 6.45) is 0.907. The molecule has 4 heteroatoms. The molecular formula is C6H8Cl2N2. The van der Waals surface area contributed by atoms with Crippen molar-refractivity contribution in [3.63, 3.8) is 0 Å². The normalized spacial score (nSPS) is 8.60. The van der Waals surface area contributed by atoms with Gasteiger partial charge in [0, 0.05) is 0 Å². The summed E-state index contributed by atoms with van der Waals surface area (Å²) in [7, 11) is 0. The number of hydrogen-bond acceptors (Lipinski definition) is 2. The average molecular weight is 179 g/mol. The highest BCUT2D eigenvalue weighted by Gasteiger charge is 1.89.